The minimum absolute atomic E-state index is 0.0742. The zero-order chi connectivity index (χ0) is 37.5. The average molecular weight is 729 g/mol. The molecule has 9 heteroatoms. The molecule has 2 aliphatic heterocycles. The van der Waals surface area contributed by atoms with Crippen molar-refractivity contribution in [3.05, 3.63) is 83.2 Å². The summed E-state index contributed by atoms with van der Waals surface area (Å²) in [6, 6.07) is 16.8. The fourth-order valence-corrected chi connectivity index (χ4v) is 10.6. The van der Waals surface area contributed by atoms with Crippen LogP contribution in [0.4, 0.5) is 0 Å². The van der Waals surface area contributed by atoms with Crippen molar-refractivity contribution in [3.63, 3.8) is 0 Å². The van der Waals surface area contributed by atoms with Crippen LogP contribution < -0.4 is 0 Å². The maximum Gasteiger partial charge on any atom is 0.257 e. The molecule has 0 bridgehead atoms. The van der Waals surface area contributed by atoms with Crippen LogP contribution in [0.5, 0.6) is 0 Å². The number of fused-ring (bicyclic) bond motifs is 2. The predicted octanol–water partition coefficient (Wildman–Crippen LogP) is 8.55. The number of carbonyl (C=O) groups is 3. The Morgan fingerprint density at radius 2 is 1.00 bits per heavy atom. The Balaban J connectivity index is 1.02. The topological polar surface area (TPSA) is 93.3 Å². The van der Waals surface area contributed by atoms with Crippen molar-refractivity contribution in [2.24, 2.45) is 25.9 Å². The number of hydrogen-bond acceptors (Lipinski definition) is 5. The van der Waals surface area contributed by atoms with E-state index in [0.29, 0.717) is 35.0 Å². The largest absolute Gasteiger partial charge is 0.335 e. The molecule has 6 unspecified atom stereocenters. The van der Waals surface area contributed by atoms with E-state index in [4.69, 9.17) is 0 Å². The Hall–Kier alpha value is -4.53. The summed E-state index contributed by atoms with van der Waals surface area (Å²) in [5.41, 5.74) is 6.47. The van der Waals surface area contributed by atoms with E-state index in [1.807, 2.05) is 64.3 Å². The molecule has 4 fully saturated rings. The van der Waals surface area contributed by atoms with Crippen LogP contribution in [-0.2, 0) is 18.9 Å². The van der Waals surface area contributed by atoms with Crippen LogP contribution >= 0.6 is 0 Å². The van der Waals surface area contributed by atoms with Gasteiger partial charge in [0.25, 0.3) is 11.8 Å². The molecule has 54 heavy (non-hydrogen) atoms. The van der Waals surface area contributed by atoms with Crippen molar-refractivity contribution in [2.45, 2.75) is 115 Å². The number of piperidine rings is 2. The first-order valence-electron chi connectivity index (χ1n) is 20.6. The number of Topliss-reactive ketones (excluding diaryl/α,β-unsaturated/α-hetero) is 1. The van der Waals surface area contributed by atoms with E-state index in [2.05, 4.69) is 32.1 Å². The van der Waals surface area contributed by atoms with Crippen molar-refractivity contribution in [1.29, 1.82) is 0 Å². The number of rotatable bonds is 8. The van der Waals surface area contributed by atoms with Gasteiger partial charge in [-0.15, -0.1) is 0 Å². The van der Waals surface area contributed by atoms with Crippen molar-refractivity contribution < 1.29 is 14.4 Å². The number of carbonyl (C=O) groups excluding carboxylic acids is 3. The first-order valence-corrected chi connectivity index (χ1v) is 20.6. The Bertz CT molecular complexity index is 1880. The number of aryl methyl sites for hydroxylation is 2. The van der Waals surface area contributed by atoms with Gasteiger partial charge in [-0.2, -0.15) is 10.2 Å². The lowest BCUT2D eigenvalue weighted by Crippen LogP contribution is -2.49. The number of hydrogen-bond donors (Lipinski definition) is 0. The molecule has 2 aromatic heterocycles. The van der Waals surface area contributed by atoms with E-state index >= 15 is 0 Å². The summed E-state index contributed by atoms with van der Waals surface area (Å²) in [4.78, 5) is 46.8. The van der Waals surface area contributed by atoms with Gasteiger partial charge in [0.15, 0.2) is 0 Å². The summed E-state index contributed by atoms with van der Waals surface area (Å²) in [5, 5.41) is 9.12. The molecule has 8 rings (SSSR count). The first-order chi connectivity index (χ1) is 26.2. The highest BCUT2D eigenvalue weighted by molar-refractivity contribution is 6.01. The standard InChI is InChI=1S/C45H56N6O3/c1-29(33-15-9-17-35(25-33)41-37(27-46-48(41)3)44(53)50-23-11-19-31-13-5-7-21-39(31)50)43(52)30(2)34-16-10-18-36(26-34)42-38(28-47-49(42)4)45(54)51-24-12-20-32-14-6-8-22-40(32)51/h9-10,15-18,25-32,39-40H,5-8,11-14,19-24H2,1-4H3. The van der Waals surface area contributed by atoms with Crippen molar-refractivity contribution in [3.8, 4) is 22.5 Å². The smallest absolute Gasteiger partial charge is 0.257 e. The zero-order valence-electron chi connectivity index (χ0n) is 32.5. The van der Waals surface area contributed by atoms with E-state index in [1.54, 1.807) is 21.8 Å². The molecule has 0 spiro atoms. The normalized spacial score (nSPS) is 24.0. The molecule has 4 aromatic rings. The van der Waals surface area contributed by atoms with Crippen LogP contribution in [0.25, 0.3) is 22.5 Å². The molecule has 6 atom stereocenters. The van der Waals surface area contributed by atoms with Gasteiger partial charge in [-0.3, -0.25) is 23.7 Å². The van der Waals surface area contributed by atoms with Crippen molar-refractivity contribution in [2.75, 3.05) is 13.1 Å². The molecule has 2 aliphatic carbocycles. The average Bonchev–Trinajstić information content (AvgIpc) is 3.81. The van der Waals surface area contributed by atoms with Crippen LogP contribution in [0.15, 0.2) is 60.9 Å². The minimum Gasteiger partial charge on any atom is -0.335 e. The fraction of sp³-hybridized carbons (Fsp3) is 0.533. The maximum absolute atomic E-state index is 14.2. The molecule has 4 aliphatic rings. The minimum atomic E-state index is -0.377. The van der Waals surface area contributed by atoms with Gasteiger partial charge in [0.2, 0.25) is 0 Å². The second-order valence-corrected chi connectivity index (χ2v) is 16.7. The van der Waals surface area contributed by atoms with Crippen molar-refractivity contribution in [1.82, 2.24) is 29.4 Å². The third kappa shape index (κ3) is 6.72. The number of amides is 2. The summed E-state index contributed by atoms with van der Waals surface area (Å²) in [6.45, 7) is 5.55. The molecule has 0 N–H and O–H groups in total. The van der Waals surface area contributed by atoms with Crippen LogP contribution in [0.2, 0.25) is 0 Å². The van der Waals surface area contributed by atoms with Gasteiger partial charge >= 0.3 is 0 Å². The molecule has 9 nitrogen and oxygen atoms in total. The molecule has 2 amide bonds. The Labute approximate surface area is 320 Å². The van der Waals surface area contributed by atoms with Gasteiger partial charge in [-0.05, 0) is 86.5 Å². The van der Waals surface area contributed by atoms with Crippen LogP contribution in [-0.4, -0.2) is 72.1 Å². The van der Waals surface area contributed by atoms with E-state index in [9.17, 15) is 14.4 Å². The Kier molecular flexibility index (Phi) is 10.3. The monoisotopic (exact) mass is 728 g/mol. The number of benzene rings is 2. The highest BCUT2D eigenvalue weighted by atomic mass is 16.2. The van der Waals surface area contributed by atoms with Crippen LogP contribution in [0, 0.1) is 11.8 Å². The SMILES string of the molecule is CC(C(=O)C(C)c1cccc(-c2c(C(=O)N3CCCC4CCCCC43)cnn2C)c1)c1cccc(-c2c(C(=O)N3CCCC4CCCCC43)cnn2C)c1. The van der Waals surface area contributed by atoms with Gasteiger partial charge in [-0.25, -0.2) is 0 Å². The highest BCUT2D eigenvalue weighted by Crippen LogP contribution is 2.39. The van der Waals surface area contributed by atoms with Crippen LogP contribution in [0.3, 0.4) is 0 Å². The molecule has 4 heterocycles. The summed E-state index contributed by atoms with van der Waals surface area (Å²) in [7, 11) is 3.78. The highest BCUT2D eigenvalue weighted by Gasteiger charge is 2.39. The number of likely N-dealkylation sites (tertiary alicyclic amines) is 2. The molecule has 0 radical (unpaired) electrons. The third-order valence-corrected chi connectivity index (χ3v) is 13.5. The zero-order valence-corrected chi connectivity index (χ0v) is 32.5. The maximum atomic E-state index is 14.2. The second kappa shape index (κ2) is 15.3. The fourth-order valence-electron chi connectivity index (χ4n) is 10.6. The lowest BCUT2D eigenvalue weighted by Gasteiger charge is -2.44. The quantitative estimate of drug-likeness (QED) is 0.181. The van der Waals surface area contributed by atoms with Crippen LogP contribution in [0.1, 0.15) is 135 Å². The van der Waals surface area contributed by atoms with E-state index in [0.717, 1.165) is 72.4 Å². The summed E-state index contributed by atoms with van der Waals surface area (Å²) < 4.78 is 3.59. The van der Waals surface area contributed by atoms with Gasteiger partial charge in [0.1, 0.15) is 5.78 Å². The van der Waals surface area contributed by atoms with E-state index < -0.39 is 0 Å². The van der Waals surface area contributed by atoms with Gasteiger partial charge in [-0.1, -0.05) is 75.9 Å². The van der Waals surface area contributed by atoms with E-state index in [1.165, 1.54) is 51.4 Å². The first kappa shape index (κ1) is 36.4. The van der Waals surface area contributed by atoms with E-state index in [-0.39, 0.29) is 29.4 Å². The summed E-state index contributed by atoms with van der Waals surface area (Å²) >= 11 is 0. The predicted molar refractivity (Wildman–Crippen MR) is 211 cm³/mol. The molecule has 2 aromatic carbocycles. The van der Waals surface area contributed by atoms with Gasteiger partial charge in [0, 0.05) is 62.2 Å². The number of ketones is 1. The molecule has 284 valence electrons. The summed E-state index contributed by atoms with van der Waals surface area (Å²) in [6.07, 6.45) is 17.5. The van der Waals surface area contributed by atoms with Crippen molar-refractivity contribution >= 4 is 17.6 Å². The molecule has 2 saturated heterocycles. The van der Waals surface area contributed by atoms with Gasteiger partial charge < -0.3 is 9.80 Å². The third-order valence-electron chi connectivity index (χ3n) is 13.5. The molecular formula is C45H56N6O3. The Morgan fingerprint density at radius 1 is 0.593 bits per heavy atom. The van der Waals surface area contributed by atoms with Gasteiger partial charge in [0.05, 0.1) is 34.9 Å². The summed E-state index contributed by atoms with van der Waals surface area (Å²) in [5.74, 6) is 0.712. The lowest BCUT2D eigenvalue weighted by molar-refractivity contribution is -0.121. The number of aromatic nitrogens is 4. The molecule has 2 saturated carbocycles. The molecular weight excluding hydrogens is 673 g/mol. The lowest BCUT2D eigenvalue weighted by atomic mass is 9.78. The second-order valence-electron chi connectivity index (χ2n) is 16.7. The Morgan fingerprint density at radius 3 is 1.44 bits per heavy atom. The number of nitrogens with zero attached hydrogens (tertiary/aromatic N) is 6.